The fraction of sp³-hybridized carbons (Fsp3) is 0.312. The van der Waals surface area contributed by atoms with Crippen molar-refractivity contribution in [1.82, 2.24) is 14.5 Å². The molecule has 120 valence electrons. The SMILES string of the molecule is CCCCOC(=O)Cn1c2ccc(F)cc2c2c(N)ncnc21. The number of unbranched alkanes of at least 4 members (excludes halogenated alkanes) is 1. The molecule has 3 rings (SSSR count). The zero-order chi connectivity index (χ0) is 16.4. The maximum Gasteiger partial charge on any atom is 0.326 e. The van der Waals surface area contributed by atoms with Gasteiger partial charge in [-0.25, -0.2) is 14.4 Å². The zero-order valence-corrected chi connectivity index (χ0v) is 12.8. The smallest absolute Gasteiger partial charge is 0.326 e. The van der Waals surface area contributed by atoms with Gasteiger partial charge in [0.05, 0.1) is 17.5 Å². The lowest BCUT2D eigenvalue weighted by atomic mass is 10.2. The number of benzene rings is 1. The summed E-state index contributed by atoms with van der Waals surface area (Å²) in [5, 5.41) is 1.13. The van der Waals surface area contributed by atoms with Crippen molar-refractivity contribution in [2.45, 2.75) is 26.3 Å². The highest BCUT2D eigenvalue weighted by molar-refractivity contribution is 6.11. The van der Waals surface area contributed by atoms with Gasteiger partial charge in [-0.2, -0.15) is 0 Å². The number of anilines is 1. The van der Waals surface area contributed by atoms with Crippen LogP contribution in [0.25, 0.3) is 21.9 Å². The van der Waals surface area contributed by atoms with Crippen LogP contribution >= 0.6 is 0 Å². The van der Waals surface area contributed by atoms with Gasteiger partial charge in [0.15, 0.2) is 0 Å². The molecule has 23 heavy (non-hydrogen) atoms. The van der Waals surface area contributed by atoms with Crippen LogP contribution in [0.1, 0.15) is 19.8 Å². The van der Waals surface area contributed by atoms with Crippen molar-refractivity contribution in [3.63, 3.8) is 0 Å². The number of hydrogen-bond acceptors (Lipinski definition) is 5. The van der Waals surface area contributed by atoms with Gasteiger partial charge < -0.3 is 15.0 Å². The Hall–Kier alpha value is -2.70. The summed E-state index contributed by atoms with van der Waals surface area (Å²) in [5.74, 6) is -0.493. The molecule has 3 aromatic rings. The van der Waals surface area contributed by atoms with E-state index in [2.05, 4.69) is 9.97 Å². The number of nitrogens with two attached hydrogens (primary N) is 1. The molecule has 7 heteroatoms. The van der Waals surface area contributed by atoms with Crippen molar-refractivity contribution in [3.05, 3.63) is 30.3 Å². The first-order valence-electron chi connectivity index (χ1n) is 7.45. The predicted molar refractivity (Wildman–Crippen MR) is 85.3 cm³/mol. The van der Waals surface area contributed by atoms with E-state index in [1.165, 1.54) is 18.5 Å². The summed E-state index contributed by atoms with van der Waals surface area (Å²) in [6.07, 6.45) is 3.09. The van der Waals surface area contributed by atoms with Gasteiger partial charge in [0.25, 0.3) is 0 Å². The van der Waals surface area contributed by atoms with Crippen LogP contribution in [0.5, 0.6) is 0 Å². The number of nitrogen functional groups attached to an aromatic ring is 1. The Bertz CT molecular complexity index is 875. The predicted octanol–water partition coefficient (Wildman–Crippen LogP) is 2.65. The van der Waals surface area contributed by atoms with E-state index >= 15 is 0 Å². The lowest BCUT2D eigenvalue weighted by molar-refractivity contribution is -0.144. The third-order valence-corrected chi connectivity index (χ3v) is 3.68. The third-order valence-electron chi connectivity index (χ3n) is 3.68. The fourth-order valence-corrected chi connectivity index (χ4v) is 2.58. The van der Waals surface area contributed by atoms with Crippen molar-refractivity contribution in [1.29, 1.82) is 0 Å². The number of halogens is 1. The van der Waals surface area contributed by atoms with Crippen LogP contribution in [0.15, 0.2) is 24.5 Å². The van der Waals surface area contributed by atoms with Gasteiger partial charge >= 0.3 is 5.97 Å². The second-order valence-electron chi connectivity index (χ2n) is 5.28. The van der Waals surface area contributed by atoms with E-state index in [-0.39, 0.29) is 24.1 Å². The molecule has 1 aromatic carbocycles. The highest BCUT2D eigenvalue weighted by Gasteiger charge is 2.17. The lowest BCUT2D eigenvalue weighted by Gasteiger charge is -2.07. The Morgan fingerprint density at radius 1 is 1.39 bits per heavy atom. The van der Waals surface area contributed by atoms with Crippen molar-refractivity contribution in [2.75, 3.05) is 12.3 Å². The van der Waals surface area contributed by atoms with E-state index in [0.29, 0.717) is 28.5 Å². The van der Waals surface area contributed by atoms with Crippen LogP contribution in [-0.4, -0.2) is 27.1 Å². The largest absolute Gasteiger partial charge is 0.464 e. The summed E-state index contributed by atoms with van der Waals surface area (Å²) in [7, 11) is 0. The summed E-state index contributed by atoms with van der Waals surface area (Å²) in [6.45, 7) is 2.40. The molecule has 2 heterocycles. The first-order chi connectivity index (χ1) is 11.1. The van der Waals surface area contributed by atoms with Gasteiger partial charge in [-0.3, -0.25) is 4.79 Å². The van der Waals surface area contributed by atoms with Crippen LogP contribution in [-0.2, 0) is 16.1 Å². The number of rotatable bonds is 5. The van der Waals surface area contributed by atoms with Crippen LogP contribution in [0.2, 0.25) is 0 Å². The minimum atomic E-state index is -0.384. The zero-order valence-electron chi connectivity index (χ0n) is 12.8. The molecule has 0 fully saturated rings. The summed E-state index contributed by atoms with van der Waals surface area (Å²) in [5.41, 5.74) is 7.07. The van der Waals surface area contributed by atoms with Crippen molar-refractivity contribution >= 4 is 33.7 Å². The van der Waals surface area contributed by atoms with E-state index in [9.17, 15) is 9.18 Å². The van der Waals surface area contributed by atoms with Gasteiger partial charge in [-0.1, -0.05) is 13.3 Å². The standard InChI is InChI=1S/C16H17FN4O2/c1-2-3-6-23-13(22)8-21-12-5-4-10(17)7-11(12)14-15(18)19-9-20-16(14)21/h4-5,7,9H,2-3,6,8H2,1H3,(H2,18,19,20). The molecule has 0 saturated carbocycles. The van der Waals surface area contributed by atoms with Crippen LogP contribution < -0.4 is 5.73 Å². The molecule has 0 saturated heterocycles. The topological polar surface area (TPSA) is 83.0 Å². The molecule has 0 spiro atoms. The molecule has 0 unspecified atom stereocenters. The van der Waals surface area contributed by atoms with Gasteiger partial charge in [0.2, 0.25) is 0 Å². The number of esters is 1. The Balaban J connectivity index is 2.07. The molecule has 0 aliphatic rings. The van der Waals surface area contributed by atoms with Crippen molar-refractivity contribution < 1.29 is 13.9 Å². The highest BCUT2D eigenvalue weighted by Crippen LogP contribution is 2.31. The molecule has 6 nitrogen and oxygen atoms in total. The Morgan fingerprint density at radius 3 is 3.00 bits per heavy atom. The third kappa shape index (κ3) is 2.81. The summed E-state index contributed by atoms with van der Waals surface area (Å²) < 4.78 is 20.5. The van der Waals surface area contributed by atoms with Crippen LogP contribution in [0.4, 0.5) is 10.2 Å². The highest BCUT2D eigenvalue weighted by atomic mass is 19.1. The summed E-state index contributed by atoms with van der Waals surface area (Å²) >= 11 is 0. The number of nitrogens with zero attached hydrogens (tertiary/aromatic N) is 3. The summed E-state index contributed by atoms with van der Waals surface area (Å²) in [6, 6.07) is 4.31. The van der Waals surface area contributed by atoms with Crippen molar-refractivity contribution in [2.24, 2.45) is 0 Å². The number of carbonyl (C=O) groups excluding carboxylic acids is 1. The van der Waals surface area contributed by atoms with E-state index < -0.39 is 0 Å². The first kappa shape index (κ1) is 15.2. The molecule has 0 aliphatic carbocycles. The van der Waals surface area contributed by atoms with Gasteiger partial charge in [-0.05, 0) is 24.6 Å². The second-order valence-corrected chi connectivity index (χ2v) is 5.28. The molecular formula is C16H17FN4O2. The molecule has 0 atom stereocenters. The molecule has 2 N–H and O–H groups in total. The quantitative estimate of drug-likeness (QED) is 0.578. The van der Waals surface area contributed by atoms with Crippen molar-refractivity contribution in [3.8, 4) is 0 Å². The number of aromatic nitrogens is 3. The number of fused-ring (bicyclic) bond motifs is 3. The maximum absolute atomic E-state index is 13.6. The number of carbonyl (C=O) groups is 1. The van der Waals surface area contributed by atoms with E-state index in [4.69, 9.17) is 10.5 Å². The molecular weight excluding hydrogens is 299 g/mol. The average molecular weight is 316 g/mol. The van der Waals surface area contributed by atoms with Crippen LogP contribution in [0, 0.1) is 5.82 Å². The first-order valence-corrected chi connectivity index (χ1v) is 7.45. The fourth-order valence-electron chi connectivity index (χ4n) is 2.58. The number of hydrogen-bond donors (Lipinski definition) is 1. The minimum absolute atomic E-state index is 0.00813. The molecule has 2 aromatic heterocycles. The average Bonchev–Trinajstić information content (AvgIpc) is 2.82. The molecule has 0 radical (unpaired) electrons. The normalized spacial score (nSPS) is 11.2. The minimum Gasteiger partial charge on any atom is -0.464 e. The monoisotopic (exact) mass is 316 g/mol. The van der Waals surface area contributed by atoms with E-state index in [0.717, 1.165) is 12.8 Å². The Kier molecular flexibility index (Phi) is 4.10. The Labute approximate surface area is 132 Å². The summed E-state index contributed by atoms with van der Waals surface area (Å²) in [4.78, 5) is 20.2. The molecule has 0 aliphatic heterocycles. The van der Waals surface area contributed by atoms with Gasteiger partial charge in [-0.15, -0.1) is 0 Å². The molecule has 0 bridgehead atoms. The maximum atomic E-state index is 13.6. The van der Waals surface area contributed by atoms with E-state index in [1.807, 2.05) is 6.92 Å². The number of ether oxygens (including phenoxy) is 1. The Morgan fingerprint density at radius 2 is 2.22 bits per heavy atom. The van der Waals surface area contributed by atoms with Crippen LogP contribution in [0.3, 0.4) is 0 Å². The van der Waals surface area contributed by atoms with Gasteiger partial charge in [0.1, 0.15) is 30.2 Å². The molecule has 0 amide bonds. The van der Waals surface area contributed by atoms with Gasteiger partial charge in [0, 0.05) is 5.39 Å². The van der Waals surface area contributed by atoms with E-state index in [1.54, 1.807) is 10.6 Å². The second kappa shape index (κ2) is 6.20. The lowest BCUT2D eigenvalue weighted by Crippen LogP contribution is -2.14.